The van der Waals surface area contributed by atoms with Gasteiger partial charge in [-0.15, -0.1) is 0 Å². The summed E-state index contributed by atoms with van der Waals surface area (Å²) in [6.45, 7) is 10.5. The van der Waals surface area contributed by atoms with Crippen LogP contribution in [0.4, 0.5) is 0 Å². The zero-order chi connectivity index (χ0) is 13.3. The first-order chi connectivity index (χ1) is 8.39. The van der Waals surface area contributed by atoms with Gasteiger partial charge in [0.25, 0.3) is 0 Å². The number of aliphatic hydroxyl groups is 1. The van der Waals surface area contributed by atoms with Gasteiger partial charge in [0.15, 0.2) is 0 Å². The van der Waals surface area contributed by atoms with Gasteiger partial charge in [-0.3, -0.25) is 4.90 Å². The smallest absolute Gasteiger partial charge is 0.0584 e. The third-order valence-corrected chi connectivity index (χ3v) is 4.19. The van der Waals surface area contributed by atoms with Crippen LogP contribution in [0.2, 0.25) is 0 Å². The number of hydrogen-bond donors (Lipinski definition) is 2. The van der Waals surface area contributed by atoms with Crippen molar-refractivity contribution >= 4 is 0 Å². The van der Waals surface area contributed by atoms with Crippen LogP contribution in [0.5, 0.6) is 0 Å². The molecule has 3 atom stereocenters. The van der Waals surface area contributed by atoms with Crippen molar-refractivity contribution in [1.82, 2.24) is 10.2 Å². The minimum absolute atomic E-state index is 0.251. The van der Waals surface area contributed by atoms with Gasteiger partial charge in [-0.05, 0) is 38.0 Å². The minimum atomic E-state index is 0.251. The molecule has 18 heavy (non-hydrogen) atoms. The Morgan fingerprint density at radius 1 is 1.33 bits per heavy atom. The van der Waals surface area contributed by atoms with Gasteiger partial charge in [0.1, 0.15) is 0 Å². The maximum atomic E-state index is 9.53. The second-order valence-electron chi connectivity index (χ2n) is 7.52. The highest BCUT2D eigenvalue weighted by Gasteiger charge is 2.39. The molecular weight excluding hydrogens is 224 g/mol. The lowest BCUT2D eigenvalue weighted by Gasteiger charge is -2.28. The van der Waals surface area contributed by atoms with E-state index in [1.807, 2.05) is 0 Å². The number of likely N-dealkylation sites (tertiary alicyclic amines) is 1. The van der Waals surface area contributed by atoms with Crippen LogP contribution in [0.15, 0.2) is 0 Å². The fraction of sp³-hybridized carbons (Fsp3) is 1.00. The van der Waals surface area contributed by atoms with Crippen LogP contribution in [0.25, 0.3) is 0 Å². The number of nitrogens with one attached hydrogen (secondary N) is 1. The van der Waals surface area contributed by atoms with Crippen molar-refractivity contribution in [1.29, 1.82) is 0 Å². The molecule has 1 heterocycles. The summed E-state index contributed by atoms with van der Waals surface area (Å²) in [6.07, 6.45) is 5.06. The van der Waals surface area contributed by atoms with Gasteiger partial charge in [-0.1, -0.05) is 20.8 Å². The van der Waals surface area contributed by atoms with Gasteiger partial charge in [0, 0.05) is 30.7 Å². The largest absolute Gasteiger partial charge is 0.395 e. The summed E-state index contributed by atoms with van der Waals surface area (Å²) in [5.74, 6) is 0. The quantitative estimate of drug-likeness (QED) is 0.788. The van der Waals surface area contributed by atoms with Crippen molar-refractivity contribution in [2.45, 2.75) is 77.5 Å². The number of rotatable bonds is 5. The van der Waals surface area contributed by atoms with E-state index in [1.54, 1.807) is 0 Å². The highest BCUT2D eigenvalue weighted by molar-refractivity contribution is 4.96. The number of nitrogens with zero attached hydrogens (tertiary/aromatic N) is 1. The number of aliphatic hydroxyl groups excluding tert-OH is 1. The van der Waals surface area contributed by atoms with Crippen molar-refractivity contribution in [3.8, 4) is 0 Å². The summed E-state index contributed by atoms with van der Waals surface area (Å²) >= 11 is 0. The van der Waals surface area contributed by atoms with E-state index in [4.69, 9.17) is 0 Å². The van der Waals surface area contributed by atoms with E-state index in [-0.39, 0.29) is 18.1 Å². The second kappa shape index (κ2) is 5.48. The second-order valence-corrected chi connectivity index (χ2v) is 7.52. The van der Waals surface area contributed by atoms with Crippen LogP contribution < -0.4 is 5.32 Å². The lowest BCUT2D eigenvalue weighted by atomic mass is 9.88. The average Bonchev–Trinajstić information content (AvgIpc) is 3.01. The molecule has 1 aliphatic heterocycles. The molecule has 0 aromatic carbocycles. The third-order valence-electron chi connectivity index (χ3n) is 4.19. The predicted molar refractivity (Wildman–Crippen MR) is 75.7 cm³/mol. The highest BCUT2D eigenvalue weighted by atomic mass is 16.3. The Labute approximate surface area is 112 Å². The standard InChI is InChI=1S/C15H30N2O/c1-11-7-12(9-17(11)14-5-6-14)16-13(10-18)8-15(2,3)4/h11-14,16,18H,5-10H2,1-4H3. The summed E-state index contributed by atoms with van der Waals surface area (Å²) in [5.41, 5.74) is 0.279. The van der Waals surface area contributed by atoms with Crippen molar-refractivity contribution < 1.29 is 5.11 Å². The molecule has 3 unspecified atom stereocenters. The Morgan fingerprint density at radius 2 is 2.00 bits per heavy atom. The van der Waals surface area contributed by atoms with Gasteiger partial charge < -0.3 is 10.4 Å². The Bertz CT molecular complexity index is 270. The molecule has 0 bridgehead atoms. The van der Waals surface area contributed by atoms with Gasteiger partial charge in [0.05, 0.1) is 6.61 Å². The van der Waals surface area contributed by atoms with Crippen molar-refractivity contribution in [3.05, 3.63) is 0 Å². The molecule has 0 aromatic rings. The van der Waals surface area contributed by atoms with E-state index in [9.17, 15) is 5.11 Å². The molecule has 0 spiro atoms. The van der Waals surface area contributed by atoms with Crippen molar-refractivity contribution in [2.75, 3.05) is 13.2 Å². The topological polar surface area (TPSA) is 35.5 Å². The van der Waals surface area contributed by atoms with Gasteiger partial charge >= 0.3 is 0 Å². The fourth-order valence-electron chi connectivity index (χ4n) is 3.34. The summed E-state index contributed by atoms with van der Waals surface area (Å²) < 4.78 is 0. The van der Waals surface area contributed by atoms with Crippen LogP contribution in [-0.4, -0.2) is 47.3 Å². The Morgan fingerprint density at radius 3 is 2.50 bits per heavy atom. The average molecular weight is 254 g/mol. The molecule has 1 aliphatic carbocycles. The van der Waals surface area contributed by atoms with E-state index in [0.717, 1.165) is 12.5 Å². The Kier molecular flexibility index (Phi) is 4.35. The molecule has 0 aromatic heterocycles. The molecule has 0 radical (unpaired) electrons. The van der Waals surface area contributed by atoms with Crippen LogP contribution in [0.3, 0.4) is 0 Å². The molecule has 3 nitrogen and oxygen atoms in total. The summed E-state index contributed by atoms with van der Waals surface area (Å²) in [5, 5.41) is 13.2. The summed E-state index contributed by atoms with van der Waals surface area (Å²) in [7, 11) is 0. The molecule has 1 saturated heterocycles. The summed E-state index contributed by atoms with van der Waals surface area (Å²) in [4.78, 5) is 2.66. The monoisotopic (exact) mass is 254 g/mol. The van der Waals surface area contributed by atoms with E-state index in [2.05, 4.69) is 37.9 Å². The van der Waals surface area contributed by atoms with Crippen molar-refractivity contribution in [2.24, 2.45) is 5.41 Å². The maximum Gasteiger partial charge on any atom is 0.0584 e. The van der Waals surface area contributed by atoms with Crippen LogP contribution in [0, 0.1) is 5.41 Å². The molecule has 2 rings (SSSR count). The number of hydrogen-bond acceptors (Lipinski definition) is 3. The maximum absolute atomic E-state index is 9.53. The molecule has 3 heteroatoms. The fourth-order valence-corrected chi connectivity index (χ4v) is 3.34. The summed E-state index contributed by atoms with van der Waals surface area (Å²) in [6, 6.07) is 2.40. The first-order valence-electron chi connectivity index (χ1n) is 7.51. The Hall–Kier alpha value is -0.120. The van der Waals surface area contributed by atoms with Crippen LogP contribution >= 0.6 is 0 Å². The first-order valence-corrected chi connectivity index (χ1v) is 7.51. The van der Waals surface area contributed by atoms with Crippen LogP contribution in [-0.2, 0) is 0 Å². The van der Waals surface area contributed by atoms with Gasteiger partial charge in [-0.25, -0.2) is 0 Å². The molecule has 2 fully saturated rings. The zero-order valence-electron chi connectivity index (χ0n) is 12.4. The lowest BCUT2D eigenvalue weighted by molar-refractivity contribution is 0.186. The molecule has 2 N–H and O–H groups in total. The van der Waals surface area contributed by atoms with E-state index < -0.39 is 0 Å². The SMILES string of the molecule is CC1CC(NC(CO)CC(C)(C)C)CN1C1CC1. The van der Waals surface area contributed by atoms with E-state index in [0.29, 0.717) is 12.1 Å². The van der Waals surface area contributed by atoms with E-state index >= 15 is 0 Å². The van der Waals surface area contributed by atoms with Gasteiger partial charge in [-0.2, -0.15) is 0 Å². The predicted octanol–water partition coefficient (Wildman–Crippen LogP) is 2.00. The lowest BCUT2D eigenvalue weighted by Crippen LogP contribution is -2.44. The zero-order valence-corrected chi connectivity index (χ0v) is 12.4. The normalized spacial score (nSPS) is 31.8. The Balaban J connectivity index is 1.81. The molecule has 106 valence electrons. The first kappa shape index (κ1) is 14.3. The van der Waals surface area contributed by atoms with E-state index in [1.165, 1.54) is 25.8 Å². The molecule has 0 amide bonds. The third kappa shape index (κ3) is 3.94. The highest BCUT2D eigenvalue weighted by Crippen LogP contribution is 2.33. The molecule has 2 aliphatic rings. The van der Waals surface area contributed by atoms with Crippen LogP contribution in [0.1, 0.15) is 53.4 Å². The van der Waals surface area contributed by atoms with Gasteiger partial charge in [0.2, 0.25) is 0 Å². The molecular formula is C15H30N2O. The minimum Gasteiger partial charge on any atom is -0.395 e. The molecule has 1 saturated carbocycles. The van der Waals surface area contributed by atoms with Crippen molar-refractivity contribution in [3.63, 3.8) is 0 Å².